The number of halogens is 1. The maximum absolute atomic E-state index is 5.96. The van der Waals surface area contributed by atoms with Gasteiger partial charge in [-0.25, -0.2) is 4.98 Å². The van der Waals surface area contributed by atoms with Crippen LogP contribution in [0.4, 0.5) is 11.8 Å². The van der Waals surface area contributed by atoms with Crippen molar-refractivity contribution in [3.63, 3.8) is 0 Å². The van der Waals surface area contributed by atoms with Crippen LogP contribution in [0.5, 0.6) is 0 Å². The first-order valence-electron chi connectivity index (χ1n) is 9.27. The molecule has 3 rings (SSSR count). The van der Waals surface area contributed by atoms with Crippen LogP contribution in [-0.4, -0.2) is 47.0 Å². The largest absolute Gasteiger partial charge is 0.366 e. The van der Waals surface area contributed by atoms with Crippen LogP contribution in [0, 0.1) is 0 Å². The molecular weight excluding hydrogens is 372 g/mol. The van der Waals surface area contributed by atoms with E-state index in [0.717, 1.165) is 47.3 Å². The van der Waals surface area contributed by atoms with Gasteiger partial charge in [-0.2, -0.15) is 4.98 Å². The lowest BCUT2D eigenvalue weighted by atomic mass is 10.2. The van der Waals surface area contributed by atoms with E-state index in [0.29, 0.717) is 12.5 Å². The smallest absolute Gasteiger partial charge is 0.225 e. The molecule has 0 amide bonds. The zero-order valence-electron chi connectivity index (χ0n) is 16.2. The van der Waals surface area contributed by atoms with Gasteiger partial charge in [0.05, 0.1) is 11.4 Å². The maximum atomic E-state index is 5.96. The van der Waals surface area contributed by atoms with Gasteiger partial charge in [-0.1, -0.05) is 29.8 Å². The molecule has 146 valence electrons. The Labute approximate surface area is 171 Å². The summed E-state index contributed by atoms with van der Waals surface area (Å²) in [6, 6.07) is 15.5. The summed E-state index contributed by atoms with van der Waals surface area (Å²) in [6.45, 7) is 2.46. The van der Waals surface area contributed by atoms with Crippen molar-refractivity contribution < 1.29 is 0 Å². The normalized spacial score (nSPS) is 10.9. The number of hydrogen-bond acceptors (Lipinski definition) is 6. The van der Waals surface area contributed by atoms with Crippen molar-refractivity contribution in [3.8, 4) is 11.4 Å². The number of hydrogen-bond donors (Lipinski definition) is 2. The fraction of sp³-hybridized carbons (Fsp3) is 0.286. The lowest BCUT2D eigenvalue weighted by Crippen LogP contribution is -2.17. The van der Waals surface area contributed by atoms with Crippen molar-refractivity contribution in [1.82, 2.24) is 19.9 Å². The zero-order chi connectivity index (χ0) is 19.8. The van der Waals surface area contributed by atoms with Crippen molar-refractivity contribution in [1.29, 1.82) is 0 Å². The van der Waals surface area contributed by atoms with Crippen molar-refractivity contribution in [2.75, 3.05) is 37.8 Å². The third-order valence-electron chi connectivity index (χ3n) is 4.11. The van der Waals surface area contributed by atoms with Crippen molar-refractivity contribution in [3.05, 3.63) is 65.3 Å². The molecule has 0 atom stereocenters. The summed E-state index contributed by atoms with van der Waals surface area (Å²) in [7, 11) is 4.13. The molecule has 28 heavy (non-hydrogen) atoms. The molecule has 0 bridgehead atoms. The second kappa shape index (κ2) is 10.0. The SMILES string of the molecule is CN(C)CCCNc1nc(NCc2ccc(Cl)cc2)cc(-c2ccccn2)n1. The van der Waals surface area contributed by atoms with Gasteiger partial charge in [0.1, 0.15) is 5.82 Å². The van der Waals surface area contributed by atoms with Crippen LogP contribution < -0.4 is 10.6 Å². The number of rotatable bonds is 9. The summed E-state index contributed by atoms with van der Waals surface area (Å²) < 4.78 is 0. The van der Waals surface area contributed by atoms with Crippen LogP contribution in [0.1, 0.15) is 12.0 Å². The molecule has 0 saturated heterocycles. The Kier molecular flexibility index (Phi) is 7.17. The van der Waals surface area contributed by atoms with E-state index in [-0.39, 0.29) is 0 Å². The summed E-state index contributed by atoms with van der Waals surface area (Å²) >= 11 is 5.96. The second-order valence-electron chi connectivity index (χ2n) is 6.74. The lowest BCUT2D eigenvalue weighted by molar-refractivity contribution is 0.405. The van der Waals surface area contributed by atoms with E-state index in [4.69, 9.17) is 11.6 Å². The Morgan fingerprint density at radius 2 is 1.79 bits per heavy atom. The molecule has 0 aliphatic rings. The Hall–Kier alpha value is -2.70. The fourth-order valence-corrected chi connectivity index (χ4v) is 2.78. The van der Waals surface area contributed by atoms with Crippen LogP contribution in [0.15, 0.2) is 54.7 Å². The fourth-order valence-electron chi connectivity index (χ4n) is 2.65. The predicted octanol–water partition coefficient (Wildman–Crippen LogP) is 4.17. The standard InChI is InChI=1S/C21H25ClN6/c1-28(2)13-5-12-24-21-26-19(18-6-3-4-11-23-18)14-20(27-21)25-15-16-7-9-17(22)10-8-16/h3-4,6-11,14H,5,12-13,15H2,1-2H3,(H2,24,25,26,27). The summed E-state index contributed by atoms with van der Waals surface area (Å²) in [5.74, 6) is 1.35. The molecule has 1 aromatic carbocycles. The van der Waals surface area contributed by atoms with Crippen LogP contribution >= 0.6 is 11.6 Å². The molecule has 2 aromatic heterocycles. The van der Waals surface area contributed by atoms with Gasteiger partial charge in [-0.3, -0.25) is 4.98 Å². The average molecular weight is 397 g/mol. The molecule has 2 N–H and O–H groups in total. The van der Waals surface area contributed by atoms with E-state index < -0.39 is 0 Å². The van der Waals surface area contributed by atoms with E-state index in [1.165, 1.54) is 0 Å². The van der Waals surface area contributed by atoms with Gasteiger partial charge in [-0.05, 0) is 56.9 Å². The summed E-state index contributed by atoms with van der Waals surface area (Å²) in [5.41, 5.74) is 2.72. The predicted molar refractivity (Wildman–Crippen MR) is 116 cm³/mol. The van der Waals surface area contributed by atoms with Crippen molar-refractivity contribution in [2.24, 2.45) is 0 Å². The Morgan fingerprint density at radius 1 is 0.964 bits per heavy atom. The number of anilines is 2. The first-order chi connectivity index (χ1) is 13.6. The molecule has 0 fully saturated rings. The molecule has 0 saturated carbocycles. The third-order valence-corrected chi connectivity index (χ3v) is 4.36. The number of nitrogens with one attached hydrogen (secondary N) is 2. The minimum Gasteiger partial charge on any atom is -0.366 e. The van der Waals surface area contributed by atoms with Crippen LogP contribution in [0.3, 0.4) is 0 Å². The Bertz CT molecular complexity index is 868. The summed E-state index contributed by atoms with van der Waals surface area (Å²) in [4.78, 5) is 15.8. The second-order valence-corrected chi connectivity index (χ2v) is 7.18. The molecule has 0 unspecified atom stereocenters. The topological polar surface area (TPSA) is 66.0 Å². The number of nitrogens with zero attached hydrogens (tertiary/aromatic N) is 4. The summed E-state index contributed by atoms with van der Waals surface area (Å²) in [6.07, 6.45) is 2.78. The van der Waals surface area contributed by atoms with Crippen molar-refractivity contribution >= 4 is 23.4 Å². The molecule has 7 heteroatoms. The first kappa shape index (κ1) is 20.0. The Morgan fingerprint density at radius 3 is 2.50 bits per heavy atom. The molecule has 0 radical (unpaired) electrons. The number of benzene rings is 1. The van der Waals surface area contributed by atoms with Gasteiger partial charge in [0.15, 0.2) is 0 Å². The number of pyridine rings is 1. The van der Waals surface area contributed by atoms with E-state index in [1.807, 2.05) is 48.5 Å². The van der Waals surface area contributed by atoms with Crippen LogP contribution in [0.25, 0.3) is 11.4 Å². The van der Waals surface area contributed by atoms with Gasteiger partial charge >= 0.3 is 0 Å². The molecule has 0 aliphatic carbocycles. The quantitative estimate of drug-likeness (QED) is 0.529. The molecule has 0 aliphatic heterocycles. The Balaban J connectivity index is 1.75. The lowest BCUT2D eigenvalue weighted by Gasteiger charge is -2.12. The molecule has 3 aromatic rings. The van der Waals surface area contributed by atoms with E-state index >= 15 is 0 Å². The minimum atomic E-state index is 0.598. The molecule has 2 heterocycles. The zero-order valence-corrected chi connectivity index (χ0v) is 16.9. The van der Waals surface area contributed by atoms with E-state index in [2.05, 4.69) is 44.6 Å². The molecular formula is C21H25ClN6. The highest BCUT2D eigenvalue weighted by Gasteiger charge is 2.08. The van der Waals surface area contributed by atoms with Crippen LogP contribution in [-0.2, 0) is 6.54 Å². The van der Waals surface area contributed by atoms with Gasteiger partial charge in [-0.15, -0.1) is 0 Å². The van der Waals surface area contributed by atoms with Gasteiger partial charge in [0, 0.05) is 30.4 Å². The summed E-state index contributed by atoms with van der Waals surface area (Å²) in [5, 5.41) is 7.42. The third kappa shape index (κ3) is 6.18. The van der Waals surface area contributed by atoms with Crippen molar-refractivity contribution in [2.45, 2.75) is 13.0 Å². The molecule has 0 spiro atoms. The van der Waals surface area contributed by atoms with Gasteiger partial charge in [0.25, 0.3) is 0 Å². The van der Waals surface area contributed by atoms with Gasteiger partial charge in [0.2, 0.25) is 5.95 Å². The number of aromatic nitrogens is 3. The van der Waals surface area contributed by atoms with Crippen LogP contribution in [0.2, 0.25) is 5.02 Å². The average Bonchev–Trinajstić information content (AvgIpc) is 2.71. The highest BCUT2D eigenvalue weighted by atomic mass is 35.5. The highest BCUT2D eigenvalue weighted by Crippen LogP contribution is 2.20. The monoisotopic (exact) mass is 396 g/mol. The van der Waals surface area contributed by atoms with E-state index in [1.54, 1.807) is 6.20 Å². The van der Waals surface area contributed by atoms with E-state index in [9.17, 15) is 0 Å². The minimum absolute atomic E-state index is 0.598. The maximum Gasteiger partial charge on any atom is 0.225 e. The van der Waals surface area contributed by atoms with Gasteiger partial charge < -0.3 is 15.5 Å². The highest BCUT2D eigenvalue weighted by molar-refractivity contribution is 6.30. The first-order valence-corrected chi connectivity index (χ1v) is 9.65. The molecule has 6 nitrogen and oxygen atoms in total.